The van der Waals surface area contributed by atoms with Crippen LogP contribution in [0.3, 0.4) is 0 Å². The van der Waals surface area contributed by atoms with Gasteiger partial charge in [-0.25, -0.2) is 4.79 Å². The summed E-state index contributed by atoms with van der Waals surface area (Å²) in [4.78, 5) is 57.6. The van der Waals surface area contributed by atoms with E-state index in [1.807, 2.05) is 54.6 Å². The molecule has 0 unspecified atom stereocenters. The van der Waals surface area contributed by atoms with Crippen LogP contribution in [0.25, 0.3) is 11.1 Å². The number of carbonyl (C=O) groups is 4. The number of para-hydroxylation sites is 1. The third-order valence-electron chi connectivity index (χ3n) is 9.21. The molecule has 11 nitrogen and oxygen atoms in total. The van der Waals surface area contributed by atoms with Crippen molar-refractivity contribution < 1.29 is 23.9 Å². The molecule has 4 amide bonds. The summed E-state index contributed by atoms with van der Waals surface area (Å²) >= 11 is 0. The summed E-state index contributed by atoms with van der Waals surface area (Å²) in [6.45, 7) is 6.43. The van der Waals surface area contributed by atoms with Crippen LogP contribution in [0.4, 0.5) is 10.5 Å². The number of rotatable bonds is 12. The van der Waals surface area contributed by atoms with Crippen molar-refractivity contribution in [3.05, 3.63) is 54.6 Å². The predicted molar refractivity (Wildman–Crippen MR) is 172 cm³/mol. The van der Waals surface area contributed by atoms with Gasteiger partial charge in [0, 0.05) is 37.7 Å². The molecule has 5 rings (SSSR count). The van der Waals surface area contributed by atoms with E-state index >= 15 is 0 Å². The first kappa shape index (κ1) is 32.4. The molecule has 2 aromatic carbocycles. The molecule has 0 bridgehead atoms. The number of amides is 4. The Kier molecular flexibility index (Phi) is 11.4. The quantitative estimate of drug-likeness (QED) is 0.374. The molecule has 3 saturated heterocycles. The number of likely N-dealkylation sites (tertiary alicyclic amines) is 2. The largest absolute Gasteiger partial charge is 0.446 e. The molecule has 0 radical (unpaired) electrons. The number of carbonyl (C=O) groups excluding carboxylic acids is 4. The Bertz CT molecular complexity index is 1310. The van der Waals surface area contributed by atoms with Gasteiger partial charge < -0.3 is 30.1 Å². The van der Waals surface area contributed by atoms with E-state index in [0.29, 0.717) is 13.1 Å². The Hall–Kier alpha value is -3.96. The van der Waals surface area contributed by atoms with Gasteiger partial charge in [-0.05, 0) is 76.3 Å². The van der Waals surface area contributed by atoms with Crippen molar-refractivity contribution in [3.8, 4) is 11.1 Å². The number of hydrogen-bond acceptors (Lipinski definition) is 7. The van der Waals surface area contributed by atoms with Crippen LogP contribution in [0, 0.1) is 5.92 Å². The van der Waals surface area contributed by atoms with Gasteiger partial charge >= 0.3 is 6.09 Å². The van der Waals surface area contributed by atoms with Crippen molar-refractivity contribution >= 4 is 29.5 Å². The Labute approximate surface area is 265 Å². The summed E-state index contributed by atoms with van der Waals surface area (Å²) < 4.78 is 5.75. The first-order chi connectivity index (χ1) is 21.9. The van der Waals surface area contributed by atoms with E-state index in [2.05, 4.69) is 15.1 Å². The number of benzene rings is 2. The second-order valence-electron chi connectivity index (χ2n) is 12.3. The fourth-order valence-electron chi connectivity index (χ4n) is 6.52. The van der Waals surface area contributed by atoms with E-state index < -0.39 is 6.09 Å². The SMILES string of the molecule is NC(=O)C1CCN(CCCN2CC(=O)N(CCCN3CCC(OC(=O)Nc4ccccc4-c4ccccc4)CC3)CC2=O)CC1. The number of nitrogens with one attached hydrogen (secondary N) is 1. The molecule has 0 aromatic heterocycles. The van der Waals surface area contributed by atoms with Crippen molar-refractivity contribution in [1.82, 2.24) is 19.6 Å². The highest BCUT2D eigenvalue weighted by Gasteiger charge is 2.30. The van der Waals surface area contributed by atoms with Gasteiger partial charge in [-0.3, -0.25) is 19.7 Å². The van der Waals surface area contributed by atoms with Crippen LogP contribution in [0.5, 0.6) is 0 Å². The summed E-state index contributed by atoms with van der Waals surface area (Å²) in [5.74, 6) is -0.231. The summed E-state index contributed by atoms with van der Waals surface area (Å²) in [6, 6.07) is 17.6. The molecule has 0 aliphatic carbocycles. The van der Waals surface area contributed by atoms with E-state index in [4.69, 9.17) is 10.5 Å². The lowest BCUT2D eigenvalue weighted by atomic mass is 9.96. The van der Waals surface area contributed by atoms with E-state index in [1.165, 1.54) is 0 Å². The minimum Gasteiger partial charge on any atom is -0.446 e. The zero-order chi connectivity index (χ0) is 31.6. The first-order valence-electron chi connectivity index (χ1n) is 16.3. The van der Waals surface area contributed by atoms with Crippen molar-refractivity contribution in [2.45, 2.75) is 44.6 Å². The Morgan fingerprint density at radius 2 is 1.27 bits per heavy atom. The Balaban J connectivity index is 0.953. The van der Waals surface area contributed by atoms with Crippen LogP contribution in [0.1, 0.15) is 38.5 Å². The van der Waals surface area contributed by atoms with Crippen LogP contribution in [0.15, 0.2) is 54.6 Å². The van der Waals surface area contributed by atoms with Crippen molar-refractivity contribution in [1.29, 1.82) is 0 Å². The highest BCUT2D eigenvalue weighted by Crippen LogP contribution is 2.28. The lowest BCUT2D eigenvalue weighted by Gasteiger charge is -2.36. The standard InChI is InChI=1S/C34H46N6O5/c35-33(43)27-12-20-37(21-13-27)16-6-18-39-24-32(42)40(25-31(39)41)19-7-17-38-22-14-28(15-23-38)45-34(44)36-30-11-5-4-10-29(30)26-8-2-1-3-9-26/h1-5,8-11,27-28H,6-7,12-25H2,(H2,35,43)(H,36,44). The number of hydrogen-bond donors (Lipinski definition) is 2. The molecule has 3 aliphatic heterocycles. The number of nitrogens with zero attached hydrogens (tertiary/aromatic N) is 4. The molecular weight excluding hydrogens is 572 g/mol. The molecular formula is C34H46N6O5. The molecule has 0 saturated carbocycles. The third kappa shape index (κ3) is 9.27. The van der Waals surface area contributed by atoms with E-state index in [0.717, 1.165) is 94.6 Å². The third-order valence-corrected chi connectivity index (χ3v) is 9.21. The van der Waals surface area contributed by atoms with Crippen LogP contribution in [-0.2, 0) is 19.1 Å². The summed E-state index contributed by atoms with van der Waals surface area (Å²) in [6.07, 6.45) is 4.12. The molecule has 0 spiro atoms. The first-order valence-corrected chi connectivity index (χ1v) is 16.3. The summed E-state index contributed by atoms with van der Waals surface area (Å²) in [5.41, 5.74) is 8.11. The second-order valence-corrected chi connectivity index (χ2v) is 12.3. The van der Waals surface area contributed by atoms with Gasteiger partial charge in [0.2, 0.25) is 17.7 Å². The smallest absolute Gasteiger partial charge is 0.411 e. The number of anilines is 1. The van der Waals surface area contributed by atoms with E-state index in [9.17, 15) is 19.2 Å². The zero-order valence-corrected chi connectivity index (χ0v) is 26.1. The molecule has 2 aromatic rings. The zero-order valence-electron chi connectivity index (χ0n) is 26.1. The fourth-order valence-corrected chi connectivity index (χ4v) is 6.52. The normalized spacial score (nSPS) is 19.1. The molecule has 3 aliphatic rings. The maximum Gasteiger partial charge on any atom is 0.411 e. The molecule has 0 atom stereocenters. The van der Waals surface area contributed by atoms with Gasteiger partial charge in [-0.15, -0.1) is 0 Å². The van der Waals surface area contributed by atoms with Gasteiger partial charge in [-0.2, -0.15) is 0 Å². The lowest BCUT2D eigenvalue weighted by molar-refractivity contribution is -0.150. The van der Waals surface area contributed by atoms with Crippen LogP contribution >= 0.6 is 0 Å². The molecule has 45 heavy (non-hydrogen) atoms. The van der Waals surface area contributed by atoms with E-state index in [-0.39, 0.29) is 42.8 Å². The number of piperazine rings is 1. The van der Waals surface area contributed by atoms with Gasteiger partial charge in [0.15, 0.2) is 0 Å². The maximum atomic E-state index is 12.8. The minimum absolute atomic E-state index is 0.00355. The van der Waals surface area contributed by atoms with Crippen LogP contribution in [0.2, 0.25) is 0 Å². The highest BCUT2D eigenvalue weighted by molar-refractivity contribution is 5.93. The van der Waals surface area contributed by atoms with Crippen molar-refractivity contribution in [3.63, 3.8) is 0 Å². The van der Waals surface area contributed by atoms with Gasteiger partial charge in [-0.1, -0.05) is 48.5 Å². The summed E-state index contributed by atoms with van der Waals surface area (Å²) in [5, 5.41) is 2.92. The number of piperidine rings is 2. The van der Waals surface area contributed by atoms with E-state index in [1.54, 1.807) is 9.80 Å². The van der Waals surface area contributed by atoms with Crippen LogP contribution < -0.4 is 11.1 Å². The average Bonchev–Trinajstić information content (AvgIpc) is 3.05. The highest BCUT2D eigenvalue weighted by atomic mass is 16.6. The van der Waals surface area contributed by atoms with Crippen molar-refractivity contribution in [2.24, 2.45) is 11.7 Å². The van der Waals surface area contributed by atoms with Crippen molar-refractivity contribution in [2.75, 3.05) is 70.8 Å². The molecule has 11 heteroatoms. The minimum atomic E-state index is -0.441. The molecule has 3 N–H and O–H groups in total. The average molecular weight is 619 g/mol. The summed E-state index contributed by atoms with van der Waals surface area (Å²) in [7, 11) is 0. The topological polar surface area (TPSA) is 129 Å². The predicted octanol–water partition coefficient (Wildman–Crippen LogP) is 3.01. The Morgan fingerprint density at radius 3 is 1.84 bits per heavy atom. The number of nitrogens with two attached hydrogens (primary N) is 1. The van der Waals surface area contributed by atoms with Gasteiger partial charge in [0.25, 0.3) is 0 Å². The lowest BCUT2D eigenvalue weighted by Crippen LogP contribution is -2.54. The molecule has 242 valence electrons. The Morgan fingerprint density at radius 1 is 0.733 bits per heavy atom. The van der Waals surface area contributed by atoms with Gasteiger partial charge in [0.05, 0.1) is 18.8 Å². The number of ether oxygens (including phenoxy) is 1. The molecule has 3 heterocycles. The number of primary amides is 1. The van der Waals surface area contributed by atoms with Gasteiger partial charge in [0.1, 0.15) is 6.10 Å². The maximum absolute atomic E-state index is 12.8. The van der Waals surface area contributed by atoms with Crippen LogP contribution in [-0.4, -0.2) is 115 Å². The monoisotopic (exact) mass is 618 g/mol. The fraction of sp³-hybridized carbons (Fsp3) is 0.529. The molecule has 3 fully saturated rings. The second kappa shape index (κ2) is 15.9.